The second kappa shape index (κ2) is 9.12. The lowest BCUT2D eigenvalue weighted by Crippen LogP contribution is -2.34. The van der Waals surface area contributed by atoms with Gasteiger partial charge in [0.1, 0.15) is 5.01 Å². The Balaban J connectivity index is 1.24. The van der Waals surface area contributed by atoms with Crippen molar-refractivity contribution in [2.45, 2.75) is 13.8 Å². The minimum Gasteiger partial charge on any atom is -0.332 e. The molecule has 9 heteroatoms. The summed E-state index contributed by atoms with van der Waals surface area (Å²) in [6.45, 7) is 3.85. The van der Waals surface area contributed by atoms with E-state index in [1.807, 2.05) is 74.5 Å². The lowest BCUT2D eigenvalue weighted by molar-refractivity contribution is 0.0977. The number of benzene rings is 3. The molecule has 7 nitrogen and oxygen atoms in total. The van der Waals surface area contributed by atoms with Gasteiger partial charge in [-0.3, -0.25) is 10.1 Å². The minimum atomic E-state index is -0.263. The summed E-state index contributed by atoms with van der Waals surface area (Å²) < 4.78 is 1.73. The number of amides is 1. The lowest BCUT2D eigenvalue weighted by Gasteiger charge is -2.13. The molecule has 5 rings (SSSR count). The number of aryl methyl sites for hydroxylation is 2. The molecule has 0 fully saturated rings. The van der Waals surface area contributed by atoms with Crippen LogP contribution in [0.15, 0.2) is 72.8 Å². The van der Waals surface area contributed by atoms with Crippen LogP contribution in [0.4, 0.5) is 5.69 Å². The smallest absolute Gasteiger partial charge is 0.257 e. The van der Waals surface area contributed by atoms with Crippen molar-refractivity contribution in [1.29, 1.82) is 0 Å². The molecule has 168 valence electrons. The van der Waals surface area contributed by atoms with Gasteiger partial charge in [-0.1, -0.05) is 53.8 Å². The molecule has 34 heavy (non-hydrogen) atoms. The van der Waals surface area contributed by atoms with E-state index >= 15 is 0 Å². The Kier molecular flexibility index (Phi) is 5.87. The van der Waals surface area contributed by atoms with Crippen LogP contribution in [-0.2, 0) is 0 Å². The summed E-state index contributed by atoms with van der Waals surface area (Å²) in [5, 5.41) is 19.7. The van der Waals surface area contributed by atoms with Crippen LogP contribution < -0.4 is 10.6 Å². The van der Waals surface area contributed by atoms with Crippen molar-refractivity contribution in [3.8, 4) is 21.7 Å². The van der Waals surface area contributed by atoms with E-state index in [0.29, 0.717) is 5.56 Å². The number of anilines is 1. The maximum absolute atomic E-state index is 12.6. The SMILES string of the molecule is Cc1cc(-c2nn3c(C)nnc3s2)ccc1NC(=S)NC(=O)c1ccc(-c2ccccc2)cc1. The molecule has 0 spiro atoms. The van der Waals surface area contributed by atoms with Crippen LogP contribution in [0.3, 0.4) is 0 Å². The van der Waals surface area contributed by atoms with E-state index < -0.39 is 0 Å². The summed E-state index contributed by atoms with van der Waals surface area (Å²) in [6, 6.07) is 23.4. The Bertz CT molecular complexity index is 1510. The van der Waals surface area contributed by atoms with E-state index in [-0.39, 0.29) is 11.0 Å². The normalized spacial score (nSPS) is 10.9. The number of rotatable bonds is 4. The Hall–Kier alpha value is -3.95. The molecule has 0 saturated heterocycles. The fraction of sp³-hybridized carbons (Fsp3) is 0.0800. The average Bonchev–Trinajstić information content (AvgIpc) is 3.43. The van der Waals surface area contributed by atoms with Gasteiger partial charge in [0.15, 0.2) is 10.9 Å². The van der Waals surface area contributed by atoms with Gasteiger partial charge in [0.25, 0.3) is 5.91 Å². The molecular weight excluding hydrogens is 464 g/mol. The molecule has 0 aliphatic carbocycles. The molecule has 2 N–H and O–H groups in total. The van der Waals surface area contributed by atoms with Crippen LogP contribution in [0, 0.1) is 13.8 Å². The van der Waals surface area contributed by atoms with Gasteiger partial charge in [-0.15, -0.1) is 10.2 Å². The second-order valence-electron chi connectivity index (χ2n) is 7.73. The zero-order valence-electron chi connectivity index (χ0n) is 18.4. The molecule has 0 saturated carbocycles. The van der Waals surface area contributed by atoms with Crippen LogP contribution in [0.2, 0.25) is 0 Å². The van der Waals surface area contributed by atoms with Crippen molar-refractivity contribution < 1.29 is 4.79 Å². The van der Waals surface area contributed by atoms with Gasteiger partial charge in [0, 0.05) is 16.8 Å². The minimum absolute atomic E-state index is 0.238. The average molecular weight is 485 g/mol. The number of hydrogen-bond acceptors (Lipinski definition) is 6. The van der Waals surface area contributed by atoms with Crippen molar-refractivity contribution in [1.82, 2.24) is 25.1 Å². The number of thiocarbonyl (C=S) groups is 1. The largest absolute Gasteiger partial charge is 0.332 e. The van der Waals surface area contributed by atoms with E-state index in [9.17, 15) is 4.79 Å². The maximum Gasteiger partial charge on any atom is 0.257 e. The third-order valence-electron chi connectivity index (χ3n) is 5.35. The first-order valence-electron chi connectivity index (χ1n) is 10.6. The van der Waals surface area contributed by atoms with E-state index in [1.54, 1.807) is 16.6 Å². The highest BCUT2D eigenvalue weighted by atomic mass is 32.1. The van der Waals surface area contributed by atoms with E-state index in [2.05, 4.69) is 25.9 Å². The standard InChI is InChI=1S/C25H20N6OS2/c1-15-14-20(23-30-31-16(2)28-29-25(31)34-23)12-13-21(15)26-24(33)27-22(32)19-10-8-18(9-11-19)17-6-4-3-5-7-17/h3-14H,1-2H3,(H2,26,27,32,33). The molecule has 0 radical (unpaired) electrons. The number of carbonyl (C=O) groups is 1. The van der Waals surface area contributed by atoms with Crippen molar-refractivity contribution in [3.63, 3.8) is 0 Å². The monoisotopic (exact) mass is 484 g/mol. The quantitative estimate of drug-likeness (QED) is 0.339. The number of carbonyl (C=O) groups excluding carboxylic acids is 1. The van der Waals surface area contributed by atoms with E-state index in [0.717, 1.165) is 43.7 Å². The number of hydrogen-bond donors (Lipinski definition) is 2. The highest BCUT2D eigenvalue weighted by Crippen LogP contribution is 2.28. The molecule has 0 bridgehead atoms. The predicted octanol–water partition coefficient (Wildman–Crippen LogP) is 5.26. The second-order valence-corrected chi connectivity index (χ2v) is 9.09. The van der Waals surface area contributed by atoms with Gasteiger partial charge >= 0.3 is 0 Å². The van der Waals surface area contributed by atoms with Crippen molar-refractivity contribution in [2.24, 2.45) is 0 Å². The Labute approximate surface area is 205 Å². The topological polar surface area (TPSA) is 84.2 Å². The molecule has 5 aromatic rings. The van der Waals surface area contributed by atoms with Crippen molar-refractivity contribution >= 4 is 45.2 Å². The molecule has 0 unspecified atom stereocenters. The number of aromatic nitrogens is 4. The van der Waals surface area contributed by atoms with Gasteiger partial charge < -0.3 is 5.32 Å². The lowest BCUT2D eigenvalue weighted by atomic mass is 10.0. The van der Waals surface area contributed by atoms with Gasteiger partial charge in [0.05, 0.1) is 0 Å². The fourth-order valence-electron chi connectivity index (χ4n) is 3.54. The van der Waals surface area contributed by atoms with Crippen LogP contribution in [0.1, 0.15) is 21.7 Å². The number of nitrogens with zero attached hydrogens (tertiary/aromatic N) is 4. The summed E-state index contributed by atoms with van der Waals surface area (Å²) in [5.41, 5.74) is 5.45. The summed E-state index contributed by atoms with van der Waals surface area (Å²) >= 11 is 6.86. The van der Waals surface area contributed by atoms with Crippen LogP contribution in [0.25, 0.3) is 26.7 Å². The van der Waals surface area contributed by atoms with Crippen LogP contribution in [-0.4, -0.2) is 30.8 Å². The third kappa shape index (κ3) is 4.43. The molecule has 1 amide bonds. The zero-order valence-corrected chi connectivity index (χ0v) is 20.1. The highest BCUT2D eigenvalue weighted by molar-refractivity contribution is 7.80. The first-order chi connectivity index (χ1) is 16.5. The van der Waals surface area contributed by atoms with E-state index in [4.69, 9.17) is 12.2 Å². The van der Waals surface area contributed by atoms with Crippen molar-refractivity contribution in [2.75, 3.05) is 5.32 Å². The molecule has 0 aliphatic heterocycles. The van der Waals surface area contributed by atoms with E-state index in [1.165, 1.54) is 11.3 Å². The predicted molar refractivity (Wildman–Crippen MR) is 139 cm³/mol. The molecule has 3 aromatic carbocycles. The number of nitrogens with one attached hydrogen (secondary N) is 2. The Morgan fingerprint density at radius 3 is 2.32 bits per heavy atom. The molecule has 0 aliphatic rings. The van der Waals surface area contributed by atoms with Gasteiger partial charge in [0.2, 0.25) is 4.96 Å². The maximum atomic E-state index is 12.6. The Morgan fingerprint density at radius 2 is 1.62 bits per heavy atom. The molecule has 0 atom stereocenters. The zero-order chi connectivity index (χ0) is 23.7. The first-order valence-corrected chi connectivity index (χ1v) is 11.8. The summed E-state index contributed by atoms with van der Waals surface area (Å²) in [5.74, 6) is 0.491. The molecular formula is C25H20N6OS2. The third-order valence-corrected chi connectivity index (χ3v) is 6.50. The van der Waals surface area contributed by atoms with Crippen molar-refractivity contribution in [3.05, 3.63) is 89.7 Å². The summed E-state index contributed by atoms with van der Waals surface area (Å²) in [4.78, 5) is 13.4. The van der Waals surface area contributed by atoms with Gasteiger partial charge in [-0.2, -0.15) is 9.61 Å². The molecule has 2 aromatic heterocycles. The number of fused-ring (bicyclic) bond motifs is 1. The summed E-state index contributed by atoms with van der Waals surface area (Å²) in [7, 11) is 0. The van der Waals surface area contributed by atoms with Crippen LogP contribution in [0.5, 0.6) is 0 Å². The van der Waals surface area contributed by atoms with Gasteiger partial charge in [-0.05, 0) is 73.1 Å². The van der Waals surface area contributed by atoms with Gasteiger partial charge in [-0.25, -0.2) is 0 Å². The summed E-state index contributed by atoms with van der Waals surface area (Å²) in [6.07, 6.45) is 0. The Morgan fingerprint density at radius 1 is 0.912 bits per heavy atom. The fourth-order valence-corrected chi connectivity index (χ4v) is 4.63. The molecule has 2 heterocycles. The first kappa shape index (κ1) is 21.9. The van der Waals surface area contributed by atoms with Crippen LogP contribution >= 0.6 is 23.6 Å². The highest BCUT2D eigenvalue weighted by Gasteiger charge is 2.13.